The minimum atomic E-state index is -0.569. The Balaban J connectivity index is 1.54. The van der Waals surface area contributed by atoms with Gasteiger partial charge in [0, 0.05) is 16.0 Å². The number of nitrogens with zero attached hydrogens (tertiary/aromatic N) is 4. The third kappa shape index (κ3) is 4.43. The Hall–Kier alpha value is -3.59. The molecule has 5 aromatic rings. The van der Waals surface area contributed by atoms with Crippen molar-refractivity contribution in [1.29, 1.82) is 0 Å². The summed E-state index contributed by atoms with van der Waals surface area (Å²) in [7, 11) is 1.58. The van der Waals surface area contributed by atoms with Crippen molar-refractivity contribution in [3.8, 4) is 23.0 Å². The molecule has 0 aliphatic rings. The average Bonchev–Trinajstić information content (AvgIpc) is 3.34. The molecule has 0 atom stereocenters. The Morgan fingerprint density at radius 3 is 2.57 bits per heavy atom. The Bertz CT molecular complexity index is 1620. The first-order valence-corrected chi connectivity index (χ1v) is 11.4. The lowest BCUT2D eigenvalue weighted by molar-refractivity contribution is -0.118. The van der Waals surface area contributed by atoms with Gasteiger partial charge in [0.2, 0.25) is 5.88 Å². The molecule has 0 saturated heterocycles. The fourth-order valence-corrected chi connectivity index (χ4v) is 4.24. The van der Waals surface area contributed by atoms with Gasteiger partial charge in [-0.3, -0.25) is 4.79 Å². The highest BCUT2D eigenvalue weighted by Crippen LogP contribution is 2.37. The van der Waals surface area contributed by atoms with E-state index < -0.39 is 5.91 Å². The highest BCUT2D eigenvalue weighted by molar-refractivity contribution is 6.42. The molecule has 0 aliphatic carbocycles. The summed E-state index contributed by atoms with van der Waals surface area (Å²) in [5, 5.41) is 19.7. The molecule has 0 saturated carbocycles. The Labute approximate surface area is 213 Å². The van der Waals surface area contributed by atoms with Crippen LogP contribution in [0.1, 0.15) is 0 Å². The number of carbonyl (C=O) groups excluding carboxylic acids is 1. The van der Waals surface area contributed by atoms with E-state index in [9.17, 15) is 9.90 Å². The summed E-state index contributed by atoms with van der Waals surface area (Å²) >= 11 is 18.5. The number of H-pyrrole nitrogens is 1. The lowest BCUT2D eigenvalue weighted by atomic mass is 10.2. The van der Waals surface area contributed by atoms with Crippen LogP contribution in [0.4, 0.5) is 5.69 Å². The van der Waals surface area contributed by atoms with Crippen LogP contribution in [-0.2, 0) is 11.3 Å². The molecule has 2 N–H and O–H groups in total. The number of ether oxygens (including phenoxy) is 1. The second-order valence-corrected chi connectivity index (χ2v) is 8.86. The number of aromatic hydroxyl groups is 1. The van der Waals surface area contributed by atoms with Gasteiger partial charge in [0.15, 0.2) is 5.69 Å². The van der Waals surface area contributed by atoms with Gasteiger partial charge in [-0.05, 0) is 54.6 Å². The number of fused-ring (bicyclic) bond motifs is 2. The SMILES string of the molecule is COc1ccc(-c2nc3cc(Cl)c(Cl)cc3n2CC(=O)N=Nc2c(O)[nH]c3ccc(Cl)cc23)cc1. The van der Waals surface area contributed by atoms with Crippen molar-refractivity contribution >= 4 is 68.3 Å². The van der Waals surface area contributed by atoms with Crippen LogP contribution in [0.2, 0.25) is 15.1 Å². The number of azo groups is 1. The van der Waals surface area contributed by atoms with E-state index in [0.29, 0.717) is 48.6 Å². The lowest BCUT2D eigenvalue weighted by Gasteiger charge is -2.08. The fourth-order valence-electron chi connectivity index (χ4n) is 3.75. The molecule has 2 aromatic heterocycles. The van der Waals surface area contributed by atoms with E-state index in [1.54, 1.807) is 54.1 Å². The van der Waals surface area contributed by atoms with Crippen molar-refractivity contribution in [2.24, 2.45) is 10.2 Å². The highest BCUT2D eigenvalue weighted by Gasteiger charge is 2.18. The first-order chi connectivity index (χ1) is 16.8. The molecular formula is C24H16Cl3N5O3. The second-order valence-electron chi connectivity index (χ2n) is 7.61. The number of aromatic nitrogens is 3. The van der Waals surface area contributed by atoms with E-state index in [1.807, 2.05) is 12.1 Å². The zero-order chi connectivity index (χ0) is 24.7. The fraction of sp³-hybridized carbons (Fsp3) is 0.0833. The van der Waals surface area contributed by atoms with Crippen LogP contribution in [-0.4, -0.2) is 32.7 Å². The molecule has 0 radical (unpaired) electrons. The number of aromatic amines is 1. The standard InChI is InChI=1S/C24H16Cl3N5O3/c1-35-14-5-2-12(3-6-14)23-28-19-9-16(26)17(27)10-20(19)32(23)11-21(33)30-31-22-15-8-13(25)4-7-18(15)29-24(22)34/h2-10,29,34H,11H2,1H3. The van der Waals surface area contributed by atoms with Crippen LogP contribution in [0.25, 0.3) is 33.3 Å². The van der Waals surface area contributed by atoms with Crippen LogP contribution >= 0.6 is 34.8 Å². The molecule has 2 heterocycles. The van der Waals surface area contributed by atoms with Crippen LogP contribution in [0.15, 0.2) is 64.8 Å². The maximum atomic E-state index is 12.9. The van der Waals surface area contributed by atoms with Crippen LogP contribution in [0.3, 0.4) is 0 Å². The third-order valence-electron chi connectivity index (χ3n) is 5.41. The van der Waals surface area contributed by atoms with Crippen LogP contribution < -0.4 is 4.74 Å². The van der Waals surface area contributed by atoms with Gasteiger partial charge in [-0.25, -0.2) is 4.98 Å². The quantitative estimate of drug-likeness (QED) is 0.236. The summed E-state index contributed by atoms with van der Waals surface area (Å²) in [6.07, 6.45) is 0. The molecule has 0 unspecified atom stereocenters. The summed E-state index contributed by atoms with van der Waals surface area (Å²) in [6, 6.07) is 15.6. The Morgan fingerprint density at radius 1 is 1.09 bits per heavy atom. The lowest BCUT2D eigenvalue weighted by Crippen LogP contribution is -2.08. The maximum absolute atomic E-state index is 12.9. The van der Waals surface area contributed by atoms with E-state index in [4.69, 9.17) is 39.5 Å². The molecule has 0 spiro atoms. The predicted molar refractivity (Wildman–Crippen MR) is 136 cm³/mol. The first kappa shape index (κ1) is 23.2. The largest absolute Gasteiger partial charge is 0.497 e. The summed E-state index contributed by atoms with van der Waals surface area (Å²) in [4.78, 5) is 20.3. The smallest absolute Gasteiger partial charge is 0.284 e. The van der Waals surface area contributed by atoms with Crippen molar-refractivity contribution < 1.29 is 14.6 Å². The minimum absolute atomic E-state index is 0.122. The van der Waals surface area contributed by atoms with Crippen LogP contribution in [0, 0.1) is 0 Å². The van der Waals surface area contributed by atoms with Gasteiger partial charge in [0.25, 0.3) is 5.91 Å². The van der Waals surface area contributed by atoms with E-state index in [1.165, 1.54) is 0 Å². The van der Waals surface area contributed by atoms with E-state index in [0.717, 1.165) is 5.56 Å². The molecule has 0 bridgehead atoms. The van der Waals surface area contributed by atoms with Crippen molar-refractivity contribution in [3.63, 3.8) is 0 Å². The summed E-state index contributed by atoms with van der Waals surface area (Å²) in [5.74, 6) is 0.422. The topological polar surface area (TPSA) is 105 Å². The van der Waals surface area contributed by atoms with Gasteiger partial charge in [0.05, 0.1) is 33.7 Å². The second kappa shape index (κ2) is 9.22. The Kier molecular flexibility index (Phi) is 6.10. The number of hydrogen-bond donors (Lipinski definition) is 2. The van der Waals surface area contributed by atoms with E-state index in [2.05, 4.69) is 20.2 Å². The number of nitrogens with one attached hydrogen (secondary N) is 1. The number of methoxy groups -OCH3 is 1. The zero-order valence-electron chi connectivity index (χ0n) is 18.1. The molecule has 35 heavy (non-hydrogen) atoms. The molecule has 0 fully saturated rings. The maximum Gasteiger partial charge on any atom is 0.284 e. The van der Waals surface area contributed by atoms with Crippen LogP contribution in [0.5, 0.6) is 11.6 Å². The molecule has 0 aliphatic heterocycles. The van der Waals surface area contributed by atoms with Crippen molar-refractivity contribution in [2.75, 3.05) is 7.11 Å². The number of halogens is 3. The van der Waals surface area contributed by atoms with Gasteiger partial charge in [-0.15, -0.1) is 10.2 Å². The number of rotatable bonds is 5. The summed E-state index contributed by atoms with van der Waals surface area (Å²) in [5.41, 5.74) is 2.66. The first-order valence-electron chi connectivity index (χ1n) is 10.3. The van der Waals surface area contributed by atoms with Crippen molar-refractivity contribution in [3.05, 3.63) is 69.7 Å². The van der Waals surface area contributed by atoms with Crippen molar-refractivity contribution in [1.82, 2.24) is 14.5 Å². The summed E-state index contributed by atoms with van der Waals surface area (Å²) < 4.78 is 6.92. The molecule has 8 nitrogen and oxygen atoms in total. The van der Waals surface area contributed by atoms with Gasteiger partial charge < -0.3 is 19.4 Å². The normalized spacial score (nSPS) is 11.7. The highest BCUT2D eigenvalue weighted by atomic mass is 35.5. The molecule has 3 aromatic carbocycles. The number of amides is 1. The Morgan fingerprint density at radius 2 is 1.83 bits per heavy atom. The number of benzene rings is 3. The van der Waals surface area contributed by atoms with Gasteiger partial charge in [-0.2, -0.15) is 0 Å². The third-order valence-corrected chi connectivity index (χ3v) is 6.36. The number of hydrogen-bond acceptors (Lipinski definition) is 5. The van der Waals surface area contributed by atoms with Gasteiger partial charge in [0.1, 0.15) is 18.1 Å². The summed E-state index contributed by atoms with van der Waals surface area (Å²) in [6.45, 7) is -0.177. The molecule has 1 amide bonds. The van der Waals surface area contributed by atoms with E-state index in [-0.39, 0.29) is 18.1 Å². The van der Waals surface area contributed by atoms with Crippen molar-refractivity contribution in [2.45, 2.75) is 6.54 Å². The molecule has 11 heteroatoms. The van der Waals surface area contributed by atoms with Gasteiger partial charge in [-0.1, -0.05) is 34.8 Å². The van der Waals surface area contributed by atoms with Gasteiger partial charge >= 0.3 is 0 Å². The number of imidazole rings is 1. The number of carbonyl (C=O) groups is 1. The molecular weight excluding hydrogens is 513 g/mol. The molecule has 176 valence electrons. The zero-order valence-corrected chi connectivity index (χ0v) is 20.4. The monoisotopic (exact) mass is 527 g/mol. The van der Waals surface area contributed by atoms with E-state index >= 15 is 0 Å². The minimum Gasteiger partial charge on any atom is -0.497 e. The molecule has 5 rings (SSSR count). The average molecular weight is 529 g/mol. The predicted octanol–water partition coefficient (Wildman–Crippen LogP) is 7.17.